The Labute approximate surface area is 118 Å². The lowest BCUT2D eigenvalue weighted by Crippen LogP contribution is -2.05. The average Bonchev–Trinajstić information content (AvgIpc) is 2.47. The predicted octanol–water partition coefficient (Wildman–Crippen LogP) is 3.55. The van der Waals surface area contributed by atoms with Crippen LogP contribution in [0.25, 0.3) is 11.1 Å². The molecule has 0 fully saturated rings. The van der Waals surface area contributed by atoms with Crippen LogP contribution in [0.5, 0.6) is 5.75 Å². The third kappa shape index (κ3) is 3.60. The molecule has 2 aromatic carbocycles. The van der Waals surface area contributed by atoms with Crippen molar-refractivity contribution in [2.24, 2.45) is 0 Å². The van der Waals surface area contributed by atoms with Crippen molar-refractivity contribution in [3.05, 3.63) is 54.1 Å². The lowest BCUT2D eigenvalue weighted by Gasteiger charge is -2.09. The van der Waals surface area contributed by atoms with E-state index in [0.29, 0.717) is 19.4 Å². The van der Waals surface area contributed by atoms with Crippen LogP contribution in [-0.4, -0.2) is 17.7 Å². The van der Waals surface area contributed by atoms with Crippen LogP contribution in [0, 0.1) is 0 Å². The number of phenols is 1. The van der Waals surface area contributed by atoms with Crippen LogP contribution in [0.1, 0.15) is 18.9 Å². The quantitative estimate of drug-likeness (QED) is 0.845. The predicted molar refractivity (Wildman–Crippen MR) is 78.5 cm³/mol. The van der Waals surface area contributed by atoms with E-state index in [1.54, 1.807) is 12.1 Å². The van der Waals surface area contributed by atoms with Crippen LogP contribution in [0.3, 0.4) is 0 Å². The van der Waals surface area contributed by atoms with Gasteiger partial charge in [-0.15, -0.1) is 0 Å². The van der Waals surface area contributed by atoms with Gasteiger partial charge in [0.05, 0.1) is 6.61 Å². The molecule has 0 saturated carbocycles. The van der Waals surface area contributed by atoms with E-state index < -0.39 is 0 Å². The van der Waals surface area contributed by atoms with Crippen LogP contribution in [0.15, 0.2) is 48.5 Å². The summed E-state index contributed by atoms with van der Waals surface area (Å²) in [7, 11) is 0. The van der Waals surface area contributed by atoms with Gasteiger partial charge in [-0.3, -0.25) is 4.79 Å². The molecule has 20 heavy (non-hydrogen) atoms. The second-order valence-corrected chi connectivity index (χ2v) is 4.51. The highest BCUT2D eigenvalue weighted by Gasteiger charge is 2.08. The first-order valence-electron chi connectivity index (χ1n) is 6.73. The third-order valence-corrected chi connectivity index (χ3v) is 3.10. The molecule has 104 valence electrons. The molecule has 0 unspecified atom stereocenters. The fraction of sp³-hybridized carbons (Fsp3) is 0.235. The van der Waals surface area contributed by atoms with Gasteiger partial charge in [-0.25, -0.2) is 0 Å². The van der Waals surface area contributed by atoms with Crippen molar-refractivity contribution < 1.29 is 14.6 Å². The number of carbonyl (C=O) groups excluding carboxylic acids is 1. The van der Waals surface area contributed by atoms with Gasteiger partial charge in [0.1, 0.15) is 5.75 Å². The summed E-state index contributed by atoms with van der Waals surface area (Å²) in [4.78, 5) is 11.5. The topological polar surface area (TPSA) is 46.5 Å². The van der Waals surface area contributed by atoms with Crippen LogP contribution in [0.4, 0.5) is 0 Å². The number of benzene rings is 2. The van der Waals surface area contributed by atoms with Gasteiger partial charge in [0.15, 0.2) is 0 Å². The zero-order valence-corrected chi connectivity index (χ0v) is 11.5. The summed E-state index contributed by atoms with van der Waals surface area (Å²) < 4.78 is 4.95. The Bertz CT molecular complexity index is 573. The van der Waals surface area contributed by atoms with Crippen molar-refractivity contribution in [2.75, 3.05) is 6.61 Å². The second-order valence-electron chi connectivity index (χ2n) is 4.51. The molecule has 0 saturated heterocycles. The fourth-order valence-corrected chi connectivity index (χ4v) is 2.13. The normalized spacial score (nSPS) is 10.2. The number of hydrogen-bond acceptors (Lipinski definition) is 3. The van der Waals surface area contributed by atoms with Crippen molar-refractivity contribution in [3.63, 3.8) is 0 Å². The van der Waals surface area contributed by atoms with Crippen LogP contribution >= 0.6 is 0 Å². The maximum Gasteiger partial charge on any atom is 0.306 e. The van der Waals surface area contributed by atoms with Crippen molar-refractivity contribution in [2.45, 2.75) is 19.8 Å². The summed E-state index contributed by atoms with van der Waals surface area (Å²) in [6.07, 6.45) is 1.03. The molecule has 0 radical (unpaired) electrons. The Morgan fingerprint density at radius 3 is 2.50 bits per heavy atom. The van der Waals surface area contributed by atoms with Gasteiger partial charge in [-0.1, -0.05) is 36.4 Å². The summed E-state index contributed by atoms with van der Waals surface area (Å²) in [6, 6.07) is 15.0. The van der Waals surface area contributed by atoms with Gasteiger partial charge >= 0.3 is 5.97 Å². The number of ether oxygens (including phenoxy) is 1. The minimum absolute atomic E-state index is 0.173. The second kappa shape index (κ2) is 6.75. The Hall–Kier alpha value is -2.29. The zero-order valence-electron chi connectivity index (χ0n) is 11.5. The Morgan fingerprint density at radius 2 is 1.80 bits per heavy atom. The summed E-state index contributed by atoms with van der Waals surface area (Å²) in [5, 5.41) is 9.35. The van der Waals surface area contributed by atoms with Gasteiger partial charge in [-0.2, -0.15) is 0 Å². The van der Waals surface area contributed by atoms with E-state index in [-0.39, 0.29) is 11.7 Å². The molecule has 0 heterocycles. The van der Waals surface area contributed by atoms with E-state index in [4.69, 9.17) is 4.74 Å². The molecule has 2 aromatic rings. The molecule has 0 amide bonds. The van der Waals surface area contributed by atoms with Crippen molar-refractivity contribution in [1.82, 2.24) is 0 Å². The molecule has 0 aliphatic heterocycles. The zero-order chi connectivity index (χ0) is 14.4. The van der Waals surface area contributed by atoms with E-state index in [0.717, 1.165) is 16.7 Å². The number of carbonyl (C=O) groups is 1. The highest BCUT2D eigenvalue weighted by Crippen LogP contribution is 2.26. The SMILES string of the molecule is CCOC(=O)CCc1ccccc1-c1ccc(O)cc1. The maximum atomic E-state index is 11.5. The van der Waals surface area contributed by atoms with Gasteiger partial charge < -0.3 is 9.84 Å². The smallest absolute Gasteiger partial charge is 0.306 e. The minimum atomic E-state index is -0.173. The molecular formula is C17H18O3. The number of esters is 1. The highest BCUT2D eigenvalue weighted by atomic mass is 16.5. The molecule has 0 aromatic heterocycles. The largest absolute Gasteiger partial charge is 0.508 e. The van der Waals surface area contributed by atoms with Crippen molar-refractivity contribution in [1.29, 1.82) is 0 Å². The molecule has 0 atom stereocenters. The lowest BCUT2D eigenvalue weighted by molar-refractivity contribution is -0.143. The van der Waals surface area contributed by atoms with E-state index in [1.165, 1.54) is 0 Å². The minimum Gasteiger partial charge on any atom is -0.508 e. The lowest BCUT2D eigenvalue weighted by atomic mass is 9.97. The van der Waals surface area contributed by atoms with Crippen molar-refractivity contribution >= 4 is 5.97 Å². The first kappa shape index (κ1) is 14.1. The van der Waals surface area contributed by atoms with Gasteiger partial charge in [0.25, 0.3) is 0 Å². The number of hydrogen-bond donors (Lipinski definition) is 1. The summed E-state index contributed by atoms with van der Waals surface area (Å²) in [5.74, 6) is 0.0748. The molecule has 3 heteroatoms. The summed E-state index contributed by atoms with van der Waals surface area (Å²) in [5.41, 5.74) is 3.21. The highest BCUT2D eigenvalue weighted by molar-refractivity contribution is 5.72. The summed E-state index contributed by atoms with van der Waals surface area (Å²) >= 11 is 0. The van der Waals surface area contributed by atoms with Crippen molar-refractivity contribution in [3.8, 4) is 16.9 Å². The number of rotatable bonds is 5. The van der Waals surface area contributed by atoms with E-state index >= 15 is 0 Å². The standard InChI is InChI=1S/C17H18O3/c1-2-20-17(19)12-9-13-5-3-4-6-16(13)14-7-10-15(18)11-8-14/h3-8,10-11,18H,2,9,12H2,1H3. The van der Waals surface area contributed by atoms with Crippen LogP contribution < -0.4 is 0 Å². The number of aromatic hydroxyl groups is 1. The first-order valence-corrected chi connectivity index (χ1v) is 6.73. The molecular weight excluding hydrogens is 252 g/mol. The maximum absolute atomic E-state index is 11.5. The summed E-state index contributed by atoms with van der Waals surface area (Å²) in [6.45, 7) is 2.22. The number of phenolic OH excluding ortho intramolecular Hbond substituents is 1. The Kier molecular flexibility index (Phi) is 4.77. The molecule has 2 rings (SSSR count). The molecule has 1 N–H and O–H groups in total. The number of aryl methyl sites for hydroxylation is 1. The molecule has 0 bridgehead atoms. The first-order chi connectivity index (χ1) is 9.70. The molecule has 0 spiro atoms. The van der Waals surface area contributed by atoms with E-state index in [2.05, 4.69) is 0 Å². The monoisotopic (exact) mass is 270 g/mol. The molecule has 3 nitrogen and oxygen atoms in total. The average molecular weight is 270 g/mol. The van der Waals surface area contributed by atoms with Gasteiger partial charge in [0, 0.05) is 6.42 Å². The Morgan fingerprint density at radius 1 is 1.10 bits per heavy atom. The van der Waals surface area contributed by atoms with Gasteiger partial charge in [0.2, 0.25) is 0 Å². The molecule has 0 aliphatic rings. The van der Waals surface area contributed by atoms with Crippen LogP contribution in [0.2, 0.25) is 0 Å². The molecule has 0 aliphatic carbocycles. The van der Waals surface area contributed by atoms with E-state index in [1.807, 2.05) is 43.3 Å². The van der Waals surface area contributed by atoms with Crippen LogP contribution in [-0.2, 0) is 16.0 Å². The third-order valence-electron chi connectivity index (χ3n) is 3.10. The van der Waals surface area contributed by atoms with Gasteiger partial charge in [-0.05, 0) is 42.2 Å². The Balaban J connectivity index is 2.18. The van der Waals surface area contributed by atoms with E-state index in [9.17, 15) is 9.90 Å². The fourth-order valence-electron chi connectivity index (χ4n) is 2.13.